The summed E-state index contributed by atoms with van der Waals surface area (Å²) in [6, 6.07) is 7.15. The smallest absolute Gasteiger partial charge is 0.329 e. The molecule has 0 aliphatic heterocycles. The van der Waals surface area contributed by atoms with Crippen molar-refractivity contribution in [2.24, 2.45) is 0 Å². The van der Waals surface area contributed by atoms with Gasteiger partial charge in [0.05, 0.1) is 0 Å². The first kappa shape index (κ1) is 20.3. The summed E-state index contributed by atoms with van der Waals surface area (Å²) in [5, 5.41) is 3.29. The number of ether oxygens (including phenoxy) is 1. The number of anilines is 2. The van der Waals surface area contributed by atoms with E-state index in [1.807, 2.05) is 45.0 Å². The Bertz CT molecular complexity index is 495. The molecule has 1 unspecified atom stereocenters. The molecular formula is C20H34N2O2. The molecule has 3 N–H and O–H groups in total. The van der Waals surface area contributed by atoms with Gasteiger partial charge in [-0.2, -0.15) is 0 Å². The summed E-state index contributed by atoms with van der Waals surface area (Å²) in [7, 11) is 0. The van der Waals surface area contributed by atoms with Crippen molar-refractivity contribution in [3.63, 3.8) is 0 Å². The third-order valence-corrected chi connectivity index (χ3v) is 3.77. The lowest BCUT2D eigenvalue weighted by Crippen LogP contribution is -2.36. The van der Waals surface area contributed by atoms with Gasteiger partial charge in [-0.3, -0.25) is 0 Å². The van der Waals surface area contributed by atoms with Gasteiger partial charge in [-0.25, -0.2) is 4.79 Å². The summed E-state index contributed by atoms with van der Waals surface area (Å²) >= 11 is 0. The minimum Gasteiger partial charge on any atom is -0.458 e. The van der Waals surface area contributed by atoms with Gasteiger partial charge in [0.2, 0.25) is 0 Å². The molecule has 0 fully saturated rings. The van der Waals surface area contributed by atoms with Crippen LogP contribution in [0.2, 0.25) is 0 Å². The zero-order valence-corrected chi connectivity index (χ0v) is 15.7. The number of hydrogen-bond acceptors (Lipinski definition) is 4. The Morgan fingerprint density at radius 3 is 2.46 bits per heavy atom. The fraction of sp³-hybridized carbons (Fsp3) is 0.650. The summed E-state index contributed by atoms with van der Waals surface area (Å²) < 4.78 is 5.57. The number of carbonyl (C=O) groups excluding carboxylic acids is 1. The first-order valence-electron chi connectivity index (χ1n) is 9.17. The third-order valence-electron chi connectivity index (χ3n) is 3.77. The predicted octanol–water partition coefficient (Wildman–Crippen LogP) is 5.14. The quantitative estimate of drug-likeness (QED) is 0.353. The average Bonchev–Trinajstić information content (AvgIpc) is 2.48. The number of nitrogens with two attached hydrogens (primary N) is 1. The van der Waals surface area contributed by atoms with Crippen molar-refractivity contribution in [2.45, 2.75) is 84.3 Å². The zero-order valence-electron chi connectivity index (χ0n) is 15.7. The van der Waals surface area contributed by atoms with Crippen LogP contribution in [0.3, 0.4) is 0 Å². The van der Waals surface area contributed by atoms with Crippen molar-refractivity contribution >= 4 is 17.3 Å². The van der Waals surface area contributed by atoms with Gasteiger partial charge in [0.1, 0.15) is 11.6 Å². The molecule has 0 aliphatic rings. The number of carbonyl (C=O) groups is 1. The molecule has 0 aliphatic carbocycles. The molecule has 1 aromatic rings. The number of rotatable bonds is 10. The fourth-order valence-corrected chi connectivity index (χ4v) is 2.58. The molecule has 1 rings (SSSR count). The Morgan fingerprint density at radius 2 is 1.83 bits per heavy atom. The summed E-state index contributed by atoms with van der Waals surface area (Å²) in [6.07, 6.45) is 7.98. The Hall–Kier alpha value is -1.71. The number of hydrogen-bond donors (Lipinski definition) is 2. The maximum atomic E-state index is 12.5. The highest BCUT2D eigenvalue weighted by molar-refractivity contribution is 5.80. The van der Waals surface area contributed by atoms with Gasteiger partial charge in [-0.15, -0.1) is 0 Å². The third kappa shape index (κ3) is 8.80. The van der Waals surface area contributed by atoms with Gasteiger partial charge in [0.15, 0.2) is 0 Å². The monoisotopic (exact) mass is 334 g/mol. The molecule has 0 saturated carbocycles. The Labute approximate surface area is 147 Å². The van der Waals surface area contributed by atoms with Crippen LogP contribution in [-0.4, -0.2) is 17.6 Å². The van der Waals surface area contributed by atoms with Crippen LogP contribution in [0, 0.1) is 0 Å². The summed E-state index contributed by atoms with van der Waals surface area (Å²) in [5.41, 5.74) is 6.89. The van der Waals surface area contributed by atoms with Gasteiger partial charge in [0.25, 0.3) is 0 Å². The fourth-order valence-electron chi connectivity index (χ4n) is 2.58. The van der Waals surface area contributed by atoms with Crippen LogP contribution in [0.4, 0.5) is 11.4 Å². The summed E-state index contributed by atoms with van der Waals surface area (Å²) in [4.78, 5) is 12.5. The molecule has 0 spiro atoms. The standard InChI is InChI=1S/C20H34N2O2/c1-5-6-7-8-9-10-14-18(19(23)24-20(2,3)4)22-17-13-11-12-16(21)15-17/h11-13,15,18,22H,5-10,14,21H2,1-4H3. The molecule has 24 heavy (non-hydrogen) atoms. The van der Waals surface area contributed by atoms with E-state index in [2.05, 4.69) is 12.2 Å². The van der Waals surface area contributed by atoms with E-state index in [9.17, 15) is 4.79 Å². The van der Waals surface area contributed by atoms with Crippen LogP contribution in [0.15, 0.2) is 24.3 Å². The van der Waals surface area contributed by atoms with E-state index in [1.54, 1.807) is 0 Å². The van der Waals surface area contributed by atoms with Crippen molar-refractivity contribution in [3.05, 3.63) is 24.3 Å². The van der Waals surface area contributed by atoms with E-state index in [1.165, 1.54) is 25.7 Å². The topological polar surface area (TPSA) is 64.3 Å². The van der Waals surface area contributed by atoms with Gasteiger partial charge < -0.3 is 15.8 Å². The lowest BCUT2D eigenvalue weighted by atomic mass is 10.0. The molecule has 0 aromatic heterocycles. The van der Waals surface area contributed by atoms with Crippen molar-refractivity contribution < 1.29 is 9.53 Å². The minimum atomic E-state index is -0.478. The lowest BCUT2D eigenvalue weighted by molar-refractivity contribution is -0.156. The second-order valence-electron chi connectivity index (χ2n) is 7.41. The van der Waals surface area contributed by atoms with Gasteiger partial charge in [-0.05, 0) is 45.4 Å². The first-order valence-corrected chi connectivity index (χ1v) is 9.17. The van der Waals surface area contributed by atoms with E-state index in [4.69, 9.17) is 10.5 Å². The largest absolute Gasteiger partial charge is 0.458 e. The second-order valence-corrected chi connectivity index (χ2v) is 7.41. The summed E-state index contributed by atoms with van der Waals surface area (Å²) in [5.74, 6) is -0.196. The maximum absolute atomic E-state index is 12.5. The number of nitrogens with one attached hydrogen (secondary N) is 1. The minimum absolute atomic E-state index is 0.196. The van der Waals surface area contributed by atoms with Crippen molar-refractivity contribution in [3.8, 4) is 0 Å². The van der Waals surface area contributed by atoms with Crippen molar-refractivity contribution in [1.82, 2.24) is 0 Å². The molecule has 4 nitrogen and oxygen atoms in total. The number of esters is 1. The number of unbranched alkanes of at least 4 members (excludes halogenated alkanes) is 5. The van der Waals surface area contributed by atoms with E-state index in [-0.39, 0.29) is 12.0 Å². The van der Waals surface area contributed by atoms with Crippen LogP contribution in [0.5, 0.6) is 0 Å². The molecule has 0 amide bonds. The van der Waals surface area contributed by atoms with Crippen LogP contribution in [-0.2, 0) is 9.53 Å². The van der Waals surface area contributed by atoms with Gasteiger partial charge in [0, 0.05) is 11.4 Å². The number of nitrogen functional groups attached to an aromatic ring is 1. The highest BCUT2D eigenvalue weighted by atomic mass is 16.6. The molecule has 1 atom stereocenters. The van der Waals surface area contributed by atoms with Crippen LogP contribution in [0.25, 0.3) is 0 Å². The van der Waals surface area contributed by atoms with E-state index in [0.717, 1.165) is 24.9 Å². The molecule has 136 valence electrons. The molecular weight excluding hydrogens is 300 g/mol. The highest BCUT2D eigenvalue weighted by Crippen LogP contribution is 2.19. The van der Waals surface area contributed by atoms with Crippen molar-refractivity contribution in [1.29, 1.82) is 0 Å². The van der Waals surface area contributed by atoms with E-state index in [0.29, 0.717) is 5.69 Å². The van der Waals surface area contributed by atoms with Crippen LogP contribution in [0.1, 0.15) is 72.6 Å². The Kier molecular flexibility index (Phi) is 8.66. The zero-order chi connectivity index (χ0) is 18.0. The average molecular weight is 335 g/mol. The van der Waals surface area contributed by atoms with Crippen molar-refractivity contribution in [2.75, 3.05) is 11.1 Å². The van der Waals surface area contributed by atoms with Crippen LogP contribution >= 0.6 is 0 Å². The molecule has 4 heteroatoms. The normalized spacial score (nSPS) is 12.7. The SMILES string of the molecule is CCCCCCCCC(Nc1cccc(N)c1)C(=O)OC(C)(C)C. The van der Waals surface area contributed by atoms with E-state index < -0.39 is 5.60 Å². The molecule has 0 heterocycles. The second kappa shape index (κ2) is 10.2. The highest BCUT2D eigenvalue weighted by Gasteiger charge is 2.24. The summed E-state index contributed by atoms with van der Waals surface area (Å²) in [6.45, 7) is 7.90. The maximum Gasteiger partial charge on any atom is 0.329 e. The molecule has 0 radical (unpaired) electrons. The van der Waals surface area contributed by atoms with Gasteiger partial charge >= 0.3 is 5.97 Å². The van der Waals surface area contributed by atoms with Crippen LogP contribution < -0.4 is 11.1 Å². The number of benzene rings is 1. The molecule has 0 saturated heterocycles. The first-order chi connectivity index (χ1) is 11.3. The Balaban J connectivity index is 2.60. The molecule has 1 aromatic carbocycles. The van der Waals surface area contributed by atoms with Gasteiger partial charge in [-0.1, -0.05) is 51.5 Å². The van der Waals surface area contributed by atoms with E-state index >= 15 is 0 Å². The lowest BCUT2D eigenvalue weighted by Gasteiger charge is -2.25. The Morgan fingerprint density at radius 1 is 1.17 bits per heavy atom. The predicted molar refractivity (Wildman–Crippen MR) is 102 cm³/mol. The molecule has 0 bridgehead atoms.